The van der Waals surface area contributed by atoms with Crippen LogP contribution < -0.4 is 21.9 Å². The van der Waals surface area contributed by atoms with E-state index in [4.69, 9.17) is 28.9 Å². The molecule has 0 spiro atoms. The molecule has 1 amide bonds. The third-order valence-corrected chi connectivity index (χ3v) is 4.36. The fraction of sp³-hybridized carbons (Fsp3) is 0.0556. The maximum Gasteiger partial charge on any atom is 0.417 e. The molecule has 0 atom stereocenters. The highest BCUT2D eigenvalue weighted by Crippen LogP contribution is 2.37. The third kappa shape index (κ3) is 5.02. The molecule has 0 aliphatic rings. The van der Waals surface area contributed by atoms with Crippen molar-refractivity contribution < 1.29 is 18.0 Å². The molecule has 1 heterocycles. The number of nitrogens with two attached hydrogens (primary N) is 1. The summed E-state index contributed by atoms with van der Waals surface area (Å²) in [5.41, 5.74) is 10.2. The number of nitrogens with one attached hydrogen (secondary N) is 3. The maximum atomic E-state index is 13.0. The van der Waals surface area contributed by atoms with E-state index in [1.54, 1.807) is 18.2 Å². The summed E-state index contributed by atoms with van der Waals surface area (Å²) in [5.74, 6) is -0.439. The number of alkyl halides is 3. The molecule has 0 unspecified atom stereocenters. The van der Waals surface area contributed by atoms with Crippen LogP contribution in [0.1, 0.15) is 15.9 Å². The molecule has 0 fully saturated rings. The van der Waals surface area contributed by atoms with Crippen molar-refractivity contribution in [3.63, 3.8) is 0 Å². The summed E-state index contributed by atoms with van der Waals surface area (Å²) >= 11 is 11.5. The number of halogens is 5. The van der Waals surface area contributed by atoms with E-state index in [0.29, 0.717) is 10.6 Å². The summed E-state index contributed by atoms with van der Waals surface area (Å²) in [5, 5.41) is 2.62. The molecule has 5 N–H and O–H groups in total. The van der Waals surface area contributed by atoms with Crippen LogP contribution in [0, 0.1) is 0 Å². The van der Waals surface area contributed by atoms with Gasteiger partial charge in [0.1, 0.15) is 12.0 Å². The maximum absolute atomic E-state index is 13.0. The largest absolute Gasteiger partial charge is 0.417 e. The highest BCUT2D eigenvalue weighted by Gasteiger charge is 2.33. The first-order valence-corrected chi connectivity index (χ1v) is 8.97. The fourth-order valence-electron chi connectivity index (χ4n) is 2.37. The number of nitrogen functional groups attached to an aromatic ring is 1. The minimum absolute atomic E-state index is 0.0277. The van der Waals surface area contributed by atoms with Gasteiger partial charge in [0, 0.05) is 16.3 Å². The molecule has 3 rings (SSSR count). The van der Waals surface area contributed by atoms with Crippen LogP contribution in [0.4, 0.5) is 36.2 Å². The second-order valence-electron chi connectivity index (χ2n) is 5.89. The van der Waals surface area contributed by atoms with Crippen molar-refractivity contribution in [2.24, 2.45) is 0 Å². The molecular formula is C18H13Cl2F3N6O. The average Bonchev–Trinajstić information content (AvgIpc) is 2.69. The van der Waals surface area contributed by atoms with Gasteiger partial charge < -0.3 is 11.1 Å². The molecule has 0 bridgehead atoms. The van der Waals surface area contributed by atoms with Gasteiger partial charge in [-0.25, -0.2) is 9.97 Å². The van der Waals surface area contributed by atoms with Gasteiger partial charge in [-0.15, -0.1) is 0 Å². The predicted molar refractivity (Wildman–Crippen MR) is 109 cm³/mol. The number of hydrazine groups is 1. The first-order chi connectivity index (χ1) is 14.1. The van der Waals surface area contributed by atoms with Gasteiger partial charge in [0.05, 0.1) is 10.6 Å². The van der Waals surface area contributed by atoms with E-state index in [1.165, 1.54) is 12.1 Å². The molecule has 30 heavy (non-hydrogen) atoms. The smallest absolute Gasteiger partial charge is 0.393 e. The van der Waals surface area contributed by atoms with E-state index >= 15 is 0 Å². The number of hydrogen-bond donors (Lipinski definition) is 4. The second-order valence-corrected chi connectivity index (χ2v) is 6.74. The lowest BCUT2D eigenvalue weighted by molar-refractivity contribution is -0.137. The van der Waals surface area contributed by atoms with Crippen LogP contribution in [0.25, 0.3) is 0 Å². The van der Waals surface area contributed by atoms with Crippen LogP contribution in [-0.4, -0.2) is 15.9 Å². The van der Waals surface area contributed by atoms with Gasteiger partial charge >= 0.3 is 6.18 Å². The zero-order valence-electron chi connectivity index (χ0n) is 14.9. The van der Waals surface area contributed by atoms with Gasteiger partial charge in [0.25, 0.3) is 5.91 Å². The summed E-state index contributed by atoms with van der Waals surface area (Å²) in [4.78, 5) is 20.0. The van der Waals surface area contributed by atoms with Gasteiger partial charge in [0.15, 0.2) is 11.6 Å². The van der Waals surface area contributed by atoms with Gasteiger partial charge in [-0.2, -0.15) is 13.2 Å². The van der Waals surface area contributed by atoms with Gasteiger partial charge in [-0.05, 0) is 36.4 Å². The van der Waals surface area contributed by atoms with Crippen molar-refractivity contribution in [1.82, 2.24) is 15.4 Å². The highest BCUT2D eigenvalue weighted by molar-refractivity contribution is 6.31. The molecular weight excluding hydrogens is 444 g/mol. The highest BCUT2D eigenvalue weighted by atomic mass is 35.5. The lowest BCUT2D eigenvalue weighted by Gasteiger charge is -2.15. The number of nitrogens with zero attached hydrogens (tertiary/aromatic N) is 2. The number of rotatable bonds is 5. The summed E-state index contributed by atoms with van der Waals surface area (Å²) in [6.45, 7) is 0. The van der Waals surface area contributed by atoms with E-state index in [0.717, 1.165) is 18.5 Å². The predicted octanol–water partition coefficient (Wildman–Crippen LogP) is 4.88. The van der Waals surface area contributed by atoms with Crippen molar-refractivity contribution in [1.29, 1.82) is 0 Å². The minimum Gasteiger partial charge on any atom is -0.393 e. The Balaban J connectivity index is 1.76. The van der Waals surface area contributed by atoms with Crippen LogP contribution in [0.2, 0.25) is 10.0 Å². The molecule has 7 nitrogen and oxygen atoms in total. The van der Waals surface area contributed by atoms with E-state index in [-0.39, 0.29) is 23.0 Å². The quantitative estimate of drug-likeness (QED) is 0.407. The summed E-state index contributed by atoms with van der Waals surface area (Å²) in [7, 11) is 0. The number of aromatic nitrogens is 2. The Kier molecular flexibility index (Phi) is 6.18. The molecule has 3 aromatic rings. The molecule has 2 aromatic carbocycles. The van der Waals surface area contributed by atoms with Crippen LogP contribution >= 0.6 is 23.2 Å². The molecule has 1 aromatic heterocycles. The standard InChI is InChI=1S/C18H13Cl2F3N6O/c19-10-3-1-2-9(6-10)17(30)29-28-16-14(24)15(25-8-26-16)27-11-4-5-13(20)12(7-11)18(21,22)23/h1-8H,24H2,(H,29,30)(H2,25,26,27,28). The van der Waals surface area contributed by atoms with E-state index in [2.05, 4.69) is 26.1 Å². The second kappa shape index (κ2) is 8.64. The van der Waals surface area contributed by atoms with Crippen LogP contribution in [-0.2, 0) is 6.18 Å². The first-order valence-electron chi connectivity index (χ1n) is 8.21. The zero-order valence-corrected chi connectivity index (χ0v) is 16.4. The lowest BCUT2D eigenvalue weighted by atomic mass is 10.2. The normalized spacial score (nSPS) is 11.1. The summed E-state index contributed by atoms with van der Waals surface area (Å²) < 4.78 is 39.1. The van der Waals surface area contributed by atoms with Gasteiger partial charge in [-0.1, -0.05) is 29.3 Å². The first kappa shape index (κ1) is 21.5. The summed E-state index contributed by atoms with van der Waals surface area (Å²) in [6.07, 6.45) is -3.50. The Morgan fingerprint density at radius 1 is 1.03 bits per heavy atom. The molecule has 0 aliphatic carbocycles. The SMILES string of the molecule is Nc1c(NNC(=O)c2cccc(Cl)c2)ncnc1Nc1ccc(Cl)c(C(F)(F)F)c1. The Bertz CT molecular complexity index is 1090. The number of carbonyl (C=O) groups is 1. The van der Waals surface area contributed by atoms with E-state index < -0.39 is 22.7 Å². The van der Waals surface area contributed by atoms with Crippen LogP contribution in [0.15, 0.2) is 48.8 Å². The molecule has 156 valence electrons. The molecule has 0 aliphatic heterocycles. The van der Waals surface area contributed by atoms with Crippen molar-refractivity contribution in [2.45, 2.75) is 6.18 Å². The number of anilines is 4. The van der Waals surface area contributed by atoms with Crippen molar-refractivity contribution >= 4 is 52.1 Å². The monoisotopic (exact) mass is 456 g/mol. The topological polar surface area (TPSA) is 105 Å². The Morgan fingerprint density at radius 2 is 1.77 bits per heavy atom. The van der Waals surface area contributed by atoms with Crippen molar-refractivity contribution in [3.05, 3.63) is 70.0 Å². The Morgan fingerprint density at radius 3 is 2.47 bits per heavy atom. The van der Waals surface area contributed by atoms with Crippen LogP contribution in [0.5, 0.6) is 0 Å². The van der Waals surface area contributed by atoms with Crippen molar-refractivity contribution in [3.8, 4) is 0 Å². The number of hydrogen-bond acceptors (Lipinski definition) is 6. The van der Waals surface area contributed by atoms with E-state index in [9.17, 15) is 18.0 Å². The fourth-order valence-corrected chi connectivity index (χ4v) is 2.78. The Labute approximate surface area is 178 Å². The molecule has 0 saturated carbocycles. The third-order valence-electron chi connectivity index (χ3n) is 3.80. The molecule has 0 saturated heterocycles. The van der Waals surface area contributed by atoms with Gasteiger partial charge in [-0.3, -0.25) is 15.6 Å². The average molecular weight is 457 g/mol. The molecule has 12 heteroatoms. The molecule has 0 radical (unpaired) electrons. The minimum atomic E-state index is -4.62. The Hall–Kier alpha value is -3.24. The number of carbonyl (C=O) groups excluding carboxylic acids is 1. The van der Waals surface area contributed by atoms with E-state index in [1.807, 2.05) is 0 Å². The lowest BCUT2D eigenvalue weighted by Crippen LogP contribution is -2.30. The van der Waals surface area contributed by atoms with Gasteiger partial charge in [0.2, 0.25) is 0 Å². The summed E-state index contributed by atoms with van der Waals surface area (Å²) in [6, 6.07) is 9.53. The number of amides is 1. The van der Waals surface area contributed by atoms with Crippen molar-refractivity contribution in [2.75, 3.05) is 16.5 Å². The zero-order chi connectivity index (χ0) is 21.9. The van der Waals surface area contributed by atoms with Crippen LogP contribution in [0.3, 0.4) is 0 Å². The number of benzene rings is 2.